The van der Waals surface area contributed by atoms with Crippen LogP contribution in [0.4, 0.5) is 13.2 Å². The molecule has 0 aliphatic rings. The molecule has 0 saturated heterocycles. The van der Waals surface area contributed by atoms with Gasteiger partial charge in [0, 0.05) is 9.75 Å². The Bertz CT molecular complexity index is 1200. The SMILES string of the molecule is CCCCC(Oc1ccc(OC(C)(C)C(=O)O)c(C)c1)c1sc(-c2ccc(C(F)(F)F)cc2)cc1C. The van der Waals surface area contributed by atoms with E-state index in [1.807, 2.05) is 26.0 Å². The fraction of sp³-hybridized carbons (Fsp3) is 0.393. The van der Waals surface area contributed by atoms with Crippen molar-refractivity contribution in [3.8, 4) is 21.9 Å². The number of aliphatic carboxylic acids is 1. The quantitative estimate of drug-likeness (QED) is 0.291. The van der Waals surface area contributed by atoms with Crippen molar-refractivity contribution in [2.45, 2.75) is 71.8 Å². The minimum atomic E-state index is -4.36. The van der Waals surface area contributed by atoms with E-state index in [2.05, 4.69) is 6.92 Å². The number of rotatable bonds is 10. The fourth-order valence-corrected chi connectivity index (χ4v) is 4.95. The van der Waals surface area contributed by atoms with Gasteiger partial charge in [0.15, 0.2) is 5.60 Å². The number of aryl methyl sites for hydroxylation is 2. The molecule has 194 valence electrons. The van der Waals surface area contributed by atoms with Crippen LogP contribution in [0.2, 0.25) is 0 Å². The number of thiophene rings is 1. The molecule has 1 unspecified atom stereocenters. The van der Waals surface area contributed by atoms with Crippen molar-refractivity contribution in [2.75, 3.05) is 0 Å². The van der Waals surface area contributed by atoms with Crippen LogP contribution >= 0.6 is 11.3 Å². The Kier molecular flexibility index (Phi) is 8.39. The Morgan fingerprint density at radius 2 is 1.69 bits per heavy atom. The highest BCUT2D eigenvalue weighted by Crippen LogP contribution is 2.40. The molecule has 1 atom stereocenters. The molecule has 0 fully saturated rings. The predicted molar refractivity (Wildman–Crippen MR) is 136 cm³/mol. The molecule has 0 bridgehead atoms. The fourth-order valence-electron chi connectivity index (χ4n) is 3.71. The average molecular weight is 521 g/mol. The molecule has 1 aromatic heterocycles. The molecule has 0 aliphatic carbocycles. The van der Waals surface area contributed by atoms with E-state index in [-0.39, 0.29) is 6.10 Å². The zero-order valence-electron chi connectivity index (χ0n) is 21.0. The van der Waals surface area contributed by atoms with Gasteiger partial charge in [-0.3, -0.25) is 0 Å². The highest BCUT2D eigenvalue weighted by Gasteiger charge is 2.31. The van der Waals surface area contributed by atoms with E-state index in [4.69, 9.17) is 9.47 Å². The predicted octanol–water partition coefficient (Wildman–Crippen LogP) is 8.60. The van der Waals surface area contributed by atoms with Crippen LogP contribution in [0.3, 0.4) is 0 Å². The van der Waals surface area contributed by atoms with Crippen molar-refractivity contribution < 1.29 is 32.5 Å². The van der Waals surface area contributed by atoms with Gasteiger partial charge in [0.25, 0.3) is 0 Å². The summed E-state index contributed by atoms with van der Waals surface area (Å²) < 4.78 is 50.9. The second-order valence-electron chi connectivity index (χ2n) is 9.33. The molecule has 1 N–H and O–H groups in total. The first-order valence-electron chi connectivity index (χ1n) is 11.8. The smallest absolute Gasteiger partial charge is 0.416 e. The number of alkyl halides is 3. The summed E-state index contributed by atoms with van der Waals surface area (Å²) in [7, 11) is 0. The number of carbonyl (C=O) groups is 1. The summed E-state index contributed by atoms with van der Waals surface area (Å²) in [6.07, 6.45) is -1.86. The Morgan fingerprint density at radius 3 is 2.25 bits per heavy atom. The van der Waals surface area contributed by atoms with Crippen LogP contribution in [0.5, 0.6) is 11.5 Å². The summed E-state index contributed by atoms with van der Waals surface area (Å²) in [6.45, 7) is 8.91. The number of carboxylic acid groups (broad SMARTS) is 1. The van der Waals surface area contributed by atoms with Gasteiger partial charge in [-0.05, 0) is 93.6 Å². The van der Waals surface area contributed by atoms with Crippen LogP contribution in [0.1, 0.15) is 67.7 Å². The molecule has 0 amide bonds. The molecular formula is C28H31F3O4S. The Labute approximate surface area is 213 Å². The average Bonchev–Trinajstić information content (AvgIpc) is 3.19. The maximum Gasteiger partial charge on any atom is 0.416 e. The van der Waals surface area contributed by atoms with Crippen molar-refractivity contribution >= 4 is 17.3 Å². The minimum Gasteiger partial charge on any atom is -0.485 e. The lowest BCUT2D eigenvalue weighted by atomic mass is 10.1. The molecular weight excluding hydrogens is 489 g/mol. The summed E-state index contributed by atoms with van der Waals surface area (Å²) >= 11 is 1.53. The number of hydrogen-bond donors (Lipinski definition) is 1. The molecule has 3 aromatic rings. The second kappa shape index (κ2) is 10.9. The standard InChI is InChI=1S/C28H31F3O4S/c1-6-7-8-23(34-21-13-14-22(17(2)15-21)35-27(4,5)26(32)33)25-18(3)16-24(36-25)19-9-11-20(12-10-19)28(29,30)31/h9-16,23H,6-8H2,1-5H3,(H,32,33). The van der Waals surface area contributed by atoms with Gasteiger partial charge < -0.3 is 14.6 Å². The highest BCUT2D eigenvalue weighted by molar-refractivity contribution is 7.15. The maximum absolute atomic E-state index is 12.9. The largest absolute Gasteiger partial charge is 0.485 e. The molecule has 36 heavy (non-hydrogen) atoms. The van der Waals surface area contributed by atoms with Crippen molar-refractivity contribution in [1.29, 1.82) is 0 Å². The maximum atomic E-state index is 12.9. The van der Waals surface area contributed by atoms with Crippen LogP contribution in [0, 0.1) is 13.8 Å². The molecule has 3 rings (SSSR count). The third-order valence-electron chi connectivity index (χ3n) is 5.87. The van der Waals surface area contributed by atoms with Crippen LogP contribution in [-0.4, -0.2) is 16.7 Å². The van der Waals surface area contributed by atoms with Crippen LogP contribution in [-0.2, 0) is 11.0 Å². The van der Waals surface area contributed by atoms with Crippen molar-refractivity contribution in [2.24, 2.45) is 0 Å². The first-order valence-corrected chi connectivity index (χ1v) is 12.6. The van der Waals surface area contributed by atoms with E-state index >= 15 is 0 Å². The molecule has 0 aliphatic heterocycles. The Hall–Kier alpha value is -3.00. The van der Waals surface area contributed by atoms with Crippen LogP contribution in [0.25, 0.3) is 10.4 Å². The third kappa shape index (κ3) is 6.60. The highest BCUT2D eigenvalue weighted by atomic mass is 32.1. The van der Waals surface area contributed by atoms with Crippen LogP contribution < -0.4 is 9.47 Å². The van der Waals surface area contributed by atoms with E-state index in [1.54, 1.807) is 12.1 Å². The molecule has 0 spiro atoms. The molecule has 0 radical (unpaired) electrons. The lowest BCUT2D eigenvalue weighted by Gasteiger charge is -2.24. The van der Waals surface area contributed by atoms with Crippen molar-refractivity contribution in [3.63, 3.8) is 0 Å². The van der Waals surface area contributed by atoms with Crippen molar-refractivity contribution in [1.82, 2.24) is 0 Å². The van der Waals surface area contributed by atoms with Crippen molar-refractivity contribution in [3.05, 3.63) is 70.1 Å². The van der Waals surface area contributed by atoms with E-state index in [9.17, 15) is 23.1 Å². The zero-order chi connectivity index (χ0) is 26.7. The number of halogens is 3. The summed E-state index contributed by atoms with van der Waals surface area (Å²) in [5.74, 6) is 0.0496. The summed E-state index contributed by atoms with van der Waals surface area (Å²) in [5.41, 5.74) is 0.480. The van der Waals surface area contributed by atoms with Gasteiger partial charge in [0.1, 0.15) is 17.6 Å². The Morgan fingerprint density at radius 1 is 1.03 bits per heavy atom. The number of hydrogen-bond acceptors (Lipinski definition) is 4. The normalized spacial score (nSPS) is 12.9. The van der Waals surface area contributed by atoms with E-state index < -0.39 is 23.3 Å². The van der Waals surface area contributed by atoms with Crippen LogP contribution in [0.15, 0.2) is 48.5 Å². The number of ether oxygens (including phenoxy) is 2. The second-order valence-corrected chi connectivity index (χ2v) is 10.4. The molecule has 2 aromatic carbocycles. The summed E-state index contributed by atoms with van der Waals surface area (Å²) in [6, 6.07) is 12.5. The molecule has 4 nitrogen and oxygen atoms in total. The van der Waals surface area contributed by atoms with E-state index in [1.165, 1.54) is 37.3 Å². The van der Waals surface area contributed by atoms with Gasteiger partial charge >= 0.3 is 12.1 Å². The summed E-state index contributed by atoms with van der Waals surface area (Å²) in [5, 5.41) is 9.34. The topological polar surface area (TPSA) is 55.8 Å². The lowest BCUT2D eigenvalue weighted by molar-refractivity contribution is -0.152. The monoisotopic (exact) mass is 520 g/mol. The summed E-state index contributed by atoms with van der Waals surface area (Å²) in [4.78, 5) is 13.3. The Balaban J connectivity index is 1.85. The first kappa shape index (κ1) is 27.6. The first-order chi connectivity index (χ1) is 16.8. The van der Waals surface area contributed by atoms with Gasteiger partial charge in [0.2, 0.25) is 0 Å². The van der Waals surface area contributed by atoms with E-state index in [0.29, 0.717) is 11.5 Å². The molecule has 0 saturated carbocycles. The molecule has 1 heterocycles. The third-order valence-corrected chi connectivity index (χ3v) is 7.25. The lowest BCUT2D eigenvalue weighted by Crippen LogP contribution is -2.38. The zero-order valence-corrected chi connectivity index (χ0v) is 21.8. The number of benzene rings is 2. The number of unbranched alkanes of at least 4 members (excludes halogenated alkanes) is 1. The minimum absolute atomic E-state index is 0.222. The van der Waals surface area contributed by atoms with Gasteiger partial charge in [-0.2, -0.15) is 13.2 Å². The van der Waals surface area contributed by atoms with Gasteiger partial charge in [0.05, 0.1) is 5.56 Å². The molecule has 8 heteroatoms. The van der Waals surface area contributed by atoms with Gasteiger partial charge in [-0.25, -0.2) is 4.79 Å². The van der Waals surface area contributed by atoms with Gasteiger partial charge in [-0.15, -0.1) is 11.3 Å². The van der Waals surface area contributed by atoms with E-state index in [0.717, 1.165) is 57.8 Å². The number of carboxylic acids is 1. The van der Waals surface area contributed by atoms with Gasteiger partial charge in [-0.1, -0.05) is 25.5 Å².